The van der Waals surface area contributed by atoms with Crippen LogP contribution in [0.1, 0.15) is 12.5 Å². The highest BCUT2D eigenvalue weighted by atomic mass is 79.9. The molecule has 1 aromatic heterocycles. The molecule has 0 bridgehead atoms. The first-order chi connectivity index (χ1) is 11.9. The monoisotopic (exact) mass is 430 g/mol. The molecule has 1 N–H and O–H groups in total. The molecule has 2 aromatic rings. The van der Waals surface area contributed by atoms with Gasteiger partial charge in [-0.2, -0.15) is 4.31 Å². The molecule has 2 heterocycles. The fourth-order valence-corrected chi connectivity index (χ4v) is 4.22. The van der Waals surface area contributed by atoms with E-state index in [-0.39, 0.29) is 5.75 Å². The third-order valence-corrected chi connectivity index (χ3v) is 6.65. The minimum Gasteiger partial charge on any atom is -0.317 e. The van der Waals surface area contributed by atoms with Crippen molar-refractivity contribution in [3.05, 3.63) is 34.4 Å². The van der Waals surface area contributed by atoms with Gasteiger partial charge >= 0.3 is 10.5 Å². The first-order valence-electron chi connectivity index (χ1n) is 8.05. The van der Waals surface area contributed by atoms with Crippen molar-refractivity contribution in [3.8, 4) is 0 Å². The first kappa shape index (κ1) is 18.2. The van der Waals surface area contributed by atoms with E-state index in [1.54, 1.807) is 11.7 Å². The zero-order valence-electron chi connectivity index (χ0n) is 14.1. The van der Waals surface area contributed by atoms with Gasteiger partial charge in [0.05, 0.1) is 23.6 Å². The summed E-state index contributed by atoms with van der Waals surface area (Å²) in [5.41, 5.74) is 2.05. The average Bonchev–Trinajstić information content (AvgIpc) is 2.96. The third-order valence-electron chi connectivity index (χ3n) is 4.09. The number of hydrogen-bond acceptors (Lipinski definition) is 6. The lowest BCUT2D eigenvalue weighted by Crippen LogP contribution is -2.66. The molecule has 8 nitrogen and oxygen atoms in total. The highest BCUT2D eigenvalue weighted by Gasteiger charge is 2.34. The van der Waals surface area contributed by atoms with Crippen LogP contribution in [-0.2, 0) is 10.0 Å². The molecule has 1 fully saturated rings. The molecular formula is C15H21BrN5O3S+. The van der Waals surface area contributed by atoms with E-state index >= 15 is 0 Å². The standard InChI is InChI=1S/C15H21BrN5O3S/c1-3-25(22,23)20-9-7-19(8-10-20)21-14(16)15(24-18-21)17-13-6-4-5-12(2)11-13/h4-6,11,17H,3,7-10H2,1-2H3/q+1. The lowest BCUT2D eigenvalue weighted by atomic mass is 10.2. The lowest BCUT2D eigenvalue weighted by molar-refractivity contribution is -0.768. The van der Waals surface area contributed by atoms with Gasteiger partial charge in [0, 0.05) is 34.7 Å². The van der Waals surface area contributed by atoms with Crippen molar-refractivity contribution in [3.63, 3.8) is 0 Å². The van der Waals surface area contributed by atoms with E-state index < -0.39 is 10.0 Å². The van der Waals surface area contributed by atoms with Crippen LogP contribution >= 0.6 is 15.9 Å². The fourth-order valence-electron chi connectivity index (χ4n) is 2.68. The number of aromatic nitrogens is 2. The van der Waals surface area contributed by atoms with Gasteiger partial charge in [0.2, 0.25) is 15.3 Å². The van der Waals surface area contributed by atoms with Gasteiger partial charge in [-0.3, -0.25) is 4.52 Å². The van der Waals surface area contributed by atoms with Gasteiger partial charge < -0.3 is 5.32 Å². The molecule has 0 saturated carbocycles. The molecule has 1 aromatic carbocycles. The Bertz CT molecular complexity index is 847. The van der Waals surface area contributed by atoms with Crippen molar-refractivity contribution in [2.45, 2.75) is 13.8 Å². The van der Waals surface area contributed by atoms with E-state index in [1.165, 1.54) is 4.31 Å². The number of sulfonamides is 1. The molecule has 0 aliphatic carbocycles. The molecule has 0 unspecified atom stereocenters. The molecule has 1 saturated heterocycles. The summed E-state index contributed by atoms with van der Waals surface area (Å²) in [4.78, 5) is 1.62. The summed E-state index contributed by atoms with van der Waals surface area (Å²) >= 11 is 3.50. The van der Waals surface area contributed by atoms with Crippen molar-refractivity contribution in [1.82, 2.24) is 9.58 Å². The Balaban J connectivity index is 1.70. The summed E-state index contributed by atoms with van der Waals surface area (Å²) in [6.07, 6.45) is 0. The summed E-state index contributed by atoms with van der Waals surface area (Å²) in [6.45, 7) is 5.63. The normalized spacial score (nSPS) is 16.2. The van der Waals surface area contributed by atoms with Gasteiger partial charge in [-0.05, 0) is 31.5 Å². The van der Waals surface area contributed by atoms with Crippen LogP contribution in [0.4, 0.5) is 11.6 Å². The molecule has 1 aliphatic heterocycles. The van der Waals surface area contributed by atoms with Crippen LogP contribution in [0.3, 0.4) is 0 Å². The maximum Gasteiger partial charge on any atom is 0.372 e. The minimum absolute atomic E-state index is 0.123. The molecule has 10 heteroatoms. The van der Waals surface area contributed by atoms with E-state index in [0.29, 0.717) is 36.7 Å². The molecule has 3 rings (SSSR count). The first-order valence-corrected chi connectivity index (χ1v) is 10.4. The predicted octanol–water partition coefficient (Wildman–Crippen LogP) is 1.38. The maximum absolute atomic E-state index is 11.9. The van der Waals surface area contributed by atoms with Gasteiger partial charge in [-0.15, -0.1) is 5.01 Å². The van der Waals surface area contributed by atoms with E-state index in [9.17, 15) is 8.42 Å². The SMILES string of the molecule is CCS(=O)(=O)N1CCN([n+]2noc(Nc3cccc(C)c3)c2Br)CC1. The van der Waals surface area contributed by atoms with Crippen molar-refractivity contribution < 1.29 is 17.7 Å². The Morgan fingerprint density at radius 1 is 1.32 bits per heavy atom. The number of nitrogens with one attached hydrogen (secondary N) is 1. The molecule has 1 aliphatic rings. The number of rotatable bonds is 5. The molecule has 0 spiro atoms. The molecule has 0 amide bonds. The van der Waals surface area contributed by atoms with Crippen molar-refractivity contribution in [2.24, 2.45) is 0 Å². The Morgan fingerprint density at radius 3 is 2.68 bits per heavy atom. The Labute approximate surface area is 155 Å². The van der Waals surface area contributed by atoms with Gasteiger partial charge in [-0.1, -0.05) is 12.1 Å². The smallest absolute Gasteiger partial charge is 0.317 e. The number of nitrogens with zero attached hydrogens (tertiary/aromatic N) is 4. The second kappa shape index (κ2) is 7.30. The molecule has 25 heavy (non-hydrogen) atoms. The number of hydrogen-bond donors (Lipinski definition) is 1. The molecule has 0 atom stereocenters. The summed E-state index contributed by atoms with van der Waals surface area (Å²) < 4.78 is 31.5. The van der Waals surface area contributed by atoms with Gasteiger partial charge in [0.25, 0.3) is 0 Å². The van der Waals surface area contributed by atoms with E-state index in [2.05, 4.69) is 26.5 Å². The van der Waals surface area contributed by atoms with Crippen LogP contribution in [0.5, 0.6) is 0 Å². The maximum atomic E-state index is 11.9. The predicted molar refractivity (Wildman–Crippen MR) is 97.8 cm³/mol. The lowest BCUT2D eigenvalue weighted by Gasteiger charge is -2.28. The Kier molecular flexibility index (Phi) is 5.30. The van der Waals surface area contributed by atoms with E-state index in [0.717, 1.165) is 11.3 Å². The van der Waals surface area contributed by atoms with Crippen molar-refractivity contribution in [2.75, 3.05) is 42.3 Å². The topological polar surface area (TPSA) is 82.6 Å². The fraction of sp³-hybridized carbons (Fsp3) is 0.467. The van der Waals surface area contributed by atoms with Crippen LogP contribution in [-0.4, -0.2) is 49.9 Å². The zero-order chi connectivity index (χ0) is 18.0. The molecule has 0 radical (unpaired) electrons. The number of aryl methyl sites for hydroxylation is 1. The second-order valence-corrected chi connectivity index (χ2v) is 8.84. The summed E-state index contributed by atoms with van der Waals surface area (Å²) in [5, 5.41) is 9.18. The van der Waals surface area contributed by atoms with Gasteiger partial charge in [0.15, 0.2) is 0 Å². The average molecular weight is 431 g/mol. The van der Waals surface area contributed by atoms with Crippen LogP contribution in [0, 0.1) is 6.92 Å². The minimum atomic E-state index is -3.15. The Morgan fingerprint density at radius 2 is 2.04 bits per heavy atom. The summed E-state index contributed by atoms with van der Waals surface area (Å²) in [7, 11) is -3.15. The van der Waals surface area contributed by atoms with Crippen LogP contribution in [0.2, 0.25) is 0 Å². The zero-order valence-corrected chi connectivity index (χ0v) is 16.5. The summed E-state index contributed by atoms with van der Waals surface area (Å²) in [5.74, 6) is 0.618. The quantitative estimate of drug-likeness (QED) is 0.721. The number of halogens is 1. The van der Waals surface area contributed by atoms with Crippen molar-refractivity contribution >= 4 is 37.5 Å². The number of piperazine rings is 1. The van der Waals surface area contributed by atoms with Crippen molar-refractivity contribution in [1.29, 1.82) is 0 Å². The van der Waals surface area contributed by atoms with E-state index in [1.807, 2.05) is 36.2 Å². The van der Waals surface area contributed by atoms with Gasteiger partial charge in [-0.25, -0.2) is 8.42 Å². The van der Waals surface area contributed by atoms with Crippen LogP contribution < -0.4 is 15.1 Å². The summed E-state index contributed by atoms with van der Waals surface area (Å²) in [6, 6.07) is 7.93. The largest absolute Gasteiger partial charge is 0.372 e. The van der Waals surface area contributed by atoms with Gasteiger partial charge in [0.1, 0.15) is 0 Å². The number of anilines is 2. The second-order valence-electron chi connectivity index (χ2n) is 5.83. The third kappa shape index (κ3) is 3.96. The molecule has 136 valence electrons. The number of benzene rings is 1. The Hall–Kier alpha value is -1.65. The molecular weight excluding hydrogens is 410 g/mol. The van der Waals surface area contributed by atoms with Crippen LogP contribution in [0.15, 0.2) is 33.4 Å². The van der Waals surface area contributed by atoms with E-state index in [4.69, 9.17) is 4.52 Å². The highest BCUT2D eigenvalue weighted by molar-refractivity contribution is 9.10. The highest BCUT2D eigenvalue weighted by Crippen LogP contribution is 2.23. The van der Waals surface area contributed by atoms with Crippen LogP contribution in [0.25, 0.3) is 0 Å².